The van der Waals surface area contributed by atoms with Gasteiger partial charge < -0.3 is 4.74 Å². The van der Waals surface area contributed by atoms with Gasteiger partial charge in [-0.2, -0.15) is 5.10 Å². The van der Waals surface area contributed by atoms with Crippen molar-refractivity contribution in [3.05, 3.63) is 63.6 Å². The number of carbonyl (C=O) groups excluding carboxylic acids is 1. The number of ether oxygens (including phenoxy) is 1. The lowest BCUT2D eigenvalue weighted by molar-refractivity contribution is -0.122. The van der Waals surface area contributed by atoms with E-state index in [0.29, 0.717) is 23.1 Å². The Bertz CT molecular complexity index is 844. The quantitative estimate of drug-likeness (QED) is 0.507. The number of hydrogen-bond acceptors (Lipinski definition) is 5. The Morgan fingerprint density at radius 3 is 2.85 bits per heavy atom. The molecule has 0 radical (unpaired) electrons. The van der Waals surface area contributed by atoms with Crippen LogP contribution in [0.25, 0.3) is 0 Å². The summed E-state index contributed by atoms with van der Waals surface area (Å²) in [5.41, 5.74) is 10.4. The number of nitrogens with one attached hydrogen (secondary N) is 3. The molecule has 0 spiro atoms. The Balaban J connectivity index is 1.57. The number of para-hydroxylation sites is 1. The van der Waals surface area contributed by atoms with Crippen LogP contribution in [0, 0.1) is 0 Å². The van der Waals surface area contributed by atoms with Gasteiger partial charge in [-0.1, -0.05) is 41.4 Å². The molecule has 2 aromatic rings. The zero-order chi connectivity index (χ0) is 19.2. The van der Waals surface area contributed by atoms with E-state index in [4.69, 9.17) is 27.9 Å². The molecule has 1 amide bonds. The van der Waals surface area contributed by atoms with Crippen LogP contribution in [0.2, 0.25) is 10.0 Å². The van der Waals surface area contributed by atoms with Gasteiger partial charge in [0.25, 0.3) is 5.91 Å². The summed E-state index contributed by atoms with van der Waals surface area (Å²) >= 11 is 12.0. The normalized spacial score (nSPS) is 19.4. The molecule has 2 unspecified atom stereocenters. The van der Waals surface area contributed by atoms with Crippen LogP contribution in [0.5, 0.6) is 5.75 Å². The number of benzene rings is 2. The maximum atomic E-state index is 12.3. The van der Waals surface area contributed by atoms with E-state index in [1.165, 1.54) is 0 Å². The Labute approximate surface area is 167 Å². The van der Waals surface area contributed by atoms with E-state index in [1.807, 2.05) is 37.3 Å². The Morgan fingerprint density at radius 2 is 2.07 bits per heavy atom. The summed E-state index contributed by atoms with van der Waals surface area (Å²) in [5, 5.41) is 5.03. The molecule has 1 aliphatic rings. The summed E-state index contributed by atoms with van der Waals surface area (Å²) < 4.78 is 5.53. The molecule has 2 aromatic carbocycles. The Hall–Kier alpha value is -2.12. The van der Waals surface area contributed by atoms with Crippen molar-refractivity contribution in [1.29, 1.82) is 0 Å². The smallest absolute Gasteiger partial charge is 0.258 e. The third-order valence-corrected chi connectivity index (χ3v) is 4.90. The molecule has 2 atom stereocenters. The van der Waals surface area contributed by atoms with Gasteiger partial charge in [-0.25, -0.2) is 16.3 Å². The minimum atomic E-state index is -0.413. The maximum Gasteiger partial charge on any atom is 0.258 e. The van der Waals surface area contributed by atoms with Crippen molar-refractivity contribution in [3.8, 4) is 5.75 Å². The second-order valence-electron chi connectivity index (χ2n) is 6.01. The summed E-state index contributed by atoms with van der Waals surface area (Å²) in [7, 11) is 0. The first-order valence-electron chi connectivity index (χ1n) is 8.59. The number of rotatable bonds is 6. The van der Waals surface area contributed by atoms with E-state index in [9.17, 15) is 4.79 Å². The van der Waals surface area contributed by atoms with Gasteiger partial charge in [0, 0.05) is 11.6 Å². The van der Waals surface area contributed by atoms with Crippen molar-refractivity contribution in [3.63, 3.8) is 0 Å². The number of carbonyl (C=O) groups is 1. The maximum absolute atomic E-state index is 12.3. The zero-order valence-corrected chi connectivity index (χ0v) is 16.2. The molecule has 1 aliphatic heterocycles. The van der Waals surface area contributed by atoms with Crippen LogP contribution in [0.15, 0.2) is 47.6 Å². The van der Waals surface area contributed by atoms with Crippen molar-refractivity contribution in [2.24, 2.45) is 5.10 Å². The molecule has 0 aliphatic carbocycles. The largest absolute Gasteiger partial charge is 0.493 e. The second-order valence-corrected chi connectivity index (χ2v) is 6.82. The summed E-state index contributed by atoms with van der Waals surface area (Å²) in [6.07, 6.45) is 2.14. The first-order valence-corrected chi connectivity index (χ1v) is 9.34. The van der Waals surface area contributed by atoms with E-state index >= 15 is 0 Å². The molecule has 3 N–H and O–H groups in total. The number of halogens is 2. The first kappa shape index (κ1) is 19.6. The van der Waals surface area contributed by atoms with Crippen molar-refractivity contribution in [2.45, 2.75) is 25.4 Å². The van der Waals surface area contributed by atoms with Crippen molar-refractivity contribution in [2.75, 3.05) is 6.61 Å². The molecule has 6 nitrogen and oxygen atoms in total. The monoisotopic (exact) mass is 406 g/mol. The fourth-order valence-electron chi connectivity index (χ4n) is 2.79. The van der Waals surface area contributed by atoms with Crippen molar-refractivity contribution < 1.29 is 9.53 Å². The highest BCUT2D eigenvalue weighted by molar-refractivity contribution is 6.42. The lowest BCUT2D eigenvalue weighted by Gasteiger charge is -2.10. The van der Waals surface area contributed by atoms with Gasteiger partial charge in [0.05, 0.1) is 22.9 Å². The van der Waals surface area contributed by atoms with Gasteiger partial charge in [0.1, 0.15) is 11.8 Å². The highest BCUT2D eigenvalue weighted by atomic mass is 35.5. The summed E-state index contributed by atoms with van der Waals surface area (Å²) in [6.45, 7) is 2.48. The third kappa shape index (κ3) is 4.99. The Kier molecular flexibility index (Phi) is 6.68. The molecule has 1 fully saturated rings. The van der Waals surface area contributed by atoms with Crippen LogP contribution in [0.1, 0.15) is 30.5 Å². The van der Waals surface area contributed by atoms with Crippen molar-refractivity contribution >= 4 is 35.3 Å². The third-order valence-electron chi connectivity index (χ3n) is 4.16. The SMILES string of the molecule is CCOc1ccccc1/C=N/NC(=O)C1CC(c2ccc(Cl)c(Cl)c2)NN1. The topological polar surface area (TPSA) is 74.8 Å². The van der Waals surface area contributed by atoms with Gasteiger partial charge in [-0.15, -0.1) is 0 Å². The molecule has 1 saturated heterocycles. The molecule has 0 aromatic heterocycles. The number of amides is 1. The van der Waals surface area contributed by atoms with Crippen LogP contribution >= 0.6 is 23.2 Å². The van der Waals surface area contributed by atoms with E-state index in [1.54, 1.807) is 18.3 Å². The number of hydrazone groups is 1. The molecule has 142 valence electrons. The van der Waals surface area contributed by atoms with Crippen LogP contribution in [0.4, 0.5) is 0 Å². The summed E-state index contributed by atoms with van der Waals surface area (Å²) in [6, 6.07) is 12.5. The molecular formula is C19H20Cl2N4O2. The molecule has 0 saturated carbocycles. The van der Waals surface area contributed by atoms with Crippen LogP contribution in [0.3, 0.4) is 0 Å². The van der Waals surface area contributed by atoms with Crippen LogP contribution < -0.4 is 21.0 Å². The first-order chi connectivity index (χ1) is 13.1. The highest BCUT2D eigenvalue weighted by Gasteiger charge is 2.30. The highest BCUT2D eigenvalue weighted by Crippen LogP contribution is 2.29. The van der Waals surface area contributed by atoms with Gasteiger partial charge in [0.15, 0.2) is 0 Å². The van der Waals surface area contributed by atoms with E-state index in [2.05, 4.69) is 21.4 Å². The summed E-state index contributed by atoms with van der Waals surface area (Å²) in [4.78, 5) is 12.3. The predicted molar refractivity (Wildman–Crippen MR) is 107 cm³/mol. The fraction of sp³-hybridized carbons (Fsp3) is 0.263. The van der Waals surface area contributed by atoms with E-state index < -0.39 is 6.04 Å². The fourth-order valence-corrected chi connectivity index (χ4v) is 3.10. The van der Waals surface area contributed by atoms with Gasteiger partial charge >= 0.3 is 0 Å². The van der Waals surface area contributed by atoms with E-state index in [0.717, 1.165) is 16.9 Å². The Morgan fingerprint density at radius 1 is 1.26 bits per heavy atom. The van der Waals surface area contributed by atoms with Crippen LogP contribution in [-0.4, -0.2) is 24.8 Å². The van der Waals surface area contributed by atoms with Crippen LogP contribution in [-0.2, 0) is 4.79 Å². The minimum Gasteiger partial charge on any atom is -0.493 e. The lowest BCUT2D eigenvalue weighted by atomic mass is 10.0. The van der Waals surface area contributed by atoms with E-state index in [-0.39, 0.29) is 11.9 Å². The number of hydrogen-bond donors (Lipinski definition) is 3. The number of hydrazine groups is 1. The second kappa shape index (κ2) is 9.19. The van der Waals surface area contributed by atoms with Gasteiger partial charge in [-0.3, -0.25) is 4.79 Å². The lowest BCUT2D eigenvalue weighted by Crippen LogP contribution is -2.41. The summed E-state index contributed by atoms with van der Waals surface area (Å²) in [5.74, 6) is 0.494. The van der Waals surface area contributed by atoms with Crippen molar-refractivity contribution in [1.82, 2.24) is 16.3 Å². The molecule has 0 bridgehead atoms. The molecule has 1 heterocycles. The van der Waals surface area contributed by atoms with Gasteiger partial charge in [0.2, 0.25) is 0 Å². The number of nitrogens with zero attached hydrogens (tertiary/aromatic N) is 1. The molecule has 3 rings (SSSR count). The predicted octanol–water partition coefficient (Wildman–Crippen LogP) is 3.45. The molecular weight excluding hydrogens is 387 g/mol. The minimum absolute atomic E-state index is 0.0434. The average molecular weight is 407 g/mol. The molecule has 8 heteroatoms. The standard InChI is InChI=1S/C19H20Cl2N4O2/c1-2-27-18-6-4-3-5-13(18)11-22-25-19(26)17-10-16(23-24-17)12-7-8-14(20)15(21)9-12/h3-9,11,16-17,23-24H,2,10H2,1H3,(H,25,26)/b22-11+. The molecule has 27 heavy (non-hydrogen) atoms. The van der Waals surface area contributed by atoms with Gasteiger partial charge in [-0.05, 0) is 43.2 Å². The average Bonchev–Trinajstić information content (AvgIpc) is 3.16. The zero-order valence-electron chi connectivity index (χ0n) is 14.7.